The molecule has 0 aliphatic carbocycles. The van der Waals surface area contributed by atoms with Crippen LogP contribution in [0.2, 0.25) is 0 Å². The Labute approximate surface area is 162 Å². The number of ether oxygens (including phenoxy) is 2. The monoisotopic (exact) mass is 379 g/mol. The van der Waals surface area contributed by atoms with E-state index in [4.69, 9.17) is 9.47 Å². The van der Waals surface area contributed by atoms with Crippen LogP contribution in [0.15, 0.2) is 61.2 Å². The average Bonchev–Trinajstić information content (AvgIpc) is 3.22. The molecule has 1 unspecified atom stereocenters. The Morgan fingerprint density at radius 1 is 1.04 bits per heavy atom. The average molecular weight is 379 g/mol. The lowest BCUT2D eigenvalue weighted by Gasteiger charge is -2.13. The second-order valence-electron chi connectivity index (χ2n) is 6.16. The van der Waals surface area contributed by atoms with Crippen molar-refractivity contribution in [2.75, 3.05) is 6.61 Å². The van der Waals surface area contributed by atoms with Gasteiger partial charge in [0.15, 0.2) is 6.10 Å². The van der Waals surface area contributed by atoms with E-state index < -0.39 is 12.1 Å². The van der Waals surface area contributed by atoms with Crippen molar-refractivity contribution in [2.45, 2.75) is 26.5 Å². The van der Waals surface area contributed by atoms with Crippen molar-refractivity contribution in [3.8, 4) is 5.75 Å². The van der Waals surface area contributed by atoms with Crippen molar-refractivity contribution in [3.05, 3.63) is 77.9 Å². The third-order valence-corrected chi connectivity index (χ3v) is 4.10. The Bertz CT molecular complexity index is 919. The lowest BCUT2D eigenvalue weighted by molar-refractivity contribution is 0.0319. The number of Topliss-reactive ketones (excluding diaryl/α,β-unsaturated/α-hetero) is 1. The lowest BCUT2D eigenvalue weighted by atomic mass is 10.1. The van der Waals surface area contributed by atoms with Gasteiger partial charge in [-0.25, -0.2) is 14.5 Å². The highest BCUT2D eigenvalue weighted by molar-refractivity contribution is 6.01. The van der Waals surface area contributed by atoms with Crippen LogP contribution in [0, 0.1) is 0 Å². The second kappa shape index (κ2) is 8.94. The van der Waals surface area contributed by atoms with Gasteiger partial charge in [-0.15, -0.1) is 0 Å². The fourth-order valence-electron chi connectivity index (χ4n) is 2.65. The van der Waals surface area contributed by atoms with Crippen LogP contribution in [0.5, 0.6) is 5.75 Å². The minimum absolute atomic E-state index is 0.265. The van der Waals surface area contributed by atoms with E-state index >= 15 is 0 Å². The molecule has 0 saturated heterocycles. The zero-order chi connectivity index (χ0) is 19.9. The topological polar surface area (TPSA) is 83.3 Å². The number of benzene rings is 2. The molecule has 3 rings (SSSR count). The minimum Gasteiger partial charge on any atom is -0.494 e. The highest BCUT2D eigenvalue weighted by Gasteiger charge is 2.20. The Hall–Kier alpha value is -3.48. The molecule has 0 fully saturated rings. The summed E-state index contributed by atoms with van der Waals surface area (Å²) in [6.45, 7) is 4.57. The number of hydrogen-bond acceptors (Lipinski definition) is 6. The summed E-state index contributed by atoms with van der Waals surface area (Å²) in [5, 5.41) is 4.04. The number of hydrogen-bond donors (Lipinski definition) is 0. The molecule has 1 heterocycles. The molecule has 2 aromatic carbocycles. The van der Waals surface area contributed by atoms with Crippen LogP contribution in [-0.4, -0.2) is 39.2 Å². The van der Waals surface area contributed by atoms with Crippen LogP contribution in [0.4, 0.5) is 0 Å². The highest BCUT2D eigenvalue weighted by atomic mass is 16.5. The Morgan fingerprint density at radius 3 is 2.32 bits per heavy atom. The summed E-state index contributed by atoms with van der Waals surface area (Å²) in [5.74, 6) is -0.118. The van der Waals surface area contributed by atoms with Gasteiger partial charge in [-0.1, -0.05) is 12.1 Å². The van der Waals surface area contributed by atoms with Gasteiger partial charge in [-0.3, -0.25) is 4.79 Å². The molecular formula is C21H21N3O4. The third-order valence-electron chi connectivity index (χ3n) is 4.10. The maximum atomic E-state index is 12.5. The number of carbonyl (C=O) groups is 2. The molecule has 0 radical (unpaired) electrons. The fraction of sp³-hybridized carbons (Fsp3) is 0.238. The number of carbonyl (C=O) groups excluding carboxylic acids is 2. The van der Waals surface area contributed by atoms with Gasteiger partial charge in [0.25, 0.3) is 0 Å². The van der Waals surface area contributed by atoms with Gasteiger partial charge in [0, 0.05) is 5.56 Å². The predicted octanol–water partition coefficient (Wildman–Crippen LogP) is 3.15. The molecule has 0 spiro atoms. The maximum Gasteiger partial charge on any atom is 0.338 e. The van der Waals surface area contributed by atoms with Crippen molar-refractivity contribution in [1.29, 1.82) is 0 Å². The van der Waals surface area contributed by atoms with Crippen LogP contribution >= 0.6 is 0 Å². The molecule has 1 atom stereocenters. The number of esters is 1. The third kappa shape index (κ3) is 4.82. The molecule has 0 aliphatic rings. The SMILES string of the molecule is CCOc1ccc(C(=O)C(C)OC(=O)c2ccc(Cn3cncn3)cc2)cc1. The van der Waals surface area contributed by atoms with Gasteiger partial charge in [0.05, 0.1) is 18.7 Å². The number of ketones is 1. The molecule has 28 heavy (non-hydrogen) atoms. The maximum absolute atomic E-state index is 12.5. The Balaban J connectivity index is 1.59. The summed E-state index contributed by atoms with van der Waals surface area (Å²) in [7, 11) is 0. The van der Waals surface area contributed by atoms with Gasteiger partial charge in [-0.2, -0.15) is 5.10 Å². The smallest absolute Gasteiger partial charge is 0.338 e. The van der Waals surface area contributed by atoms with Gasteiger partial charge in [-0.05, 0) is 55.8 Å². The molecule has 7 heteroatoms. The van der Waals surface area contributed by atoms with Crippen molar-refractivity contribution < 1.29 is 19.1 Å². The van der Waals surface area contributed by atoms with Crippen LogP contribution in [0.1, 0.15) is 40.1 Å². The van der Waals surface area contributed by atoms with Gasteiger partial charge >= 0.3 is 5.97 Å². The standard InChI is InChI=1S/C21H21N3O4/c1-3-27-19-10-8-17(9-11-19)20(25)15(2)28-21(26)18-6-4-16(5-7-18)12-24-14-22-13-23-24/h4-11,13-15H,3,12H2,1-2H3. The van der Waals surface area contributed by atoms with Crippen LogP contribution in [-0.2, 0) is 11.3 Å². The zero-order valence-electron chi connectivity index (χ0n) is 15.7. The first-order chi connectivity index (χ1) is 13.6. The summed E-state index contributed by atoms with van der Waals surface area (Å²) in [4.78, 5) is 28.7. The van der Waals surface area contributed by atoms with Crippen molar-refractivity contribution >= 4 is 11.8 Å². The highest BCUT2D eigenvalue weighted by Crippen LogP contribution is 2.15. The first-order valence-corrected chi connectivity index (χ1v) is 8.96. The van der Waals surface area contributed by atoms with E-state index in [1.165, 1.54) is 6.33 Å². The minimum atomic E-state index is -0.889. The first kappa shape index (κ1) is 19.3. The van der Waals surface area contributed by atoms with Crippen LogP contribution in [0.25, 0.3) is 0 Å². The van der Waals surface area contributed by atoms with Crippen LogP contribution in [0.3, 0.4) is 0 Å². The summed E-state index contributed by atoms with van der Waals surface area (Å²) in [6.07, 6.45) is 2.20. The first-order valence-electron chi connectivity index (χ1n) is 8.96. The van der Waals surface area contributed by atoms with Crippen LogP contribution < -0.4 is 4.74 Å². The fourth-order valence-corrected chi connectivity index (χ4v) is 2.65. The molecule has 1 aromatic heterocycles. The molecule has 0 bridgehead atoms. The number of rotatable bonds is 8. The van der Waals surface area contributed by atoms with E-state index in [-0.39, 0.29) is 5.78 Å². The molecule has 0 amide bonds. The van der Waals surface area contributed by atoms with E-state index in [0.29, 0.717) is 30.0 Å². The van der Waals surface area contributed by atoms with Crippen molar-refractivity contribution in [1.82, 2.24) is 14.8 Å². The van der Waals surface area contributed by atoms with Gasteiger partial charge in [0.2, 0.25) is 5.78 Å². The van der Waals surface area contributed by atoms with E-state index in [1.807, 2.05) is 19.1 Å². The second-order valence-corrected chi connectivity index (χ2v) is 6.16. The van der Waals surface area contributed by atoms with Gasteiger partial charge < -0.3 is 9.47 Å². The number of aromatic nitrogens is 3. The molecule has 0 N–H and O–H groups in total. The summed E-state index contributed by atoms with van der Waals surface area (Å²) in [6, 6.07) is 13.7. The molecule has 0 aliphatic heterocycles. The molecule has 7 nitrogen and oxygen atoms in total. The van der Waals surface area contributed by atoms with E-state index in [2.05, 4.69) is 10.1 Å². The summed E-state index contributed by atoms with van der Waals surface area (Å²) in [5.41, 5.74) is 1.82. The summed E-state index contributed by atoms with van der Waals surface area (Å²) >= 11 is 0. The molecule has 0 saturated carbocycles. The van der Waals surface area contributed by atoms with E-state index in [9.17, 15) is 9.59 Å². The quantitative estimate of drug-likeness (QED) is 0.442. The Morgan fingerprint density at radius 2 is 1.71 bits per heavy atom. The predicted molar refractivity (Wildman–Crippen MR) is 102 cm³/mol. The van der Waals surface area contributed by atoms with Gasteiger partial charge in [0.1, 0.15) is 18.4 Å². The largest absolute Gasteiger partial charge is 0.494 e. The number of nitrogens with zero attached hydrogens (tertiary/aromatic N) is 3. The molecule has 3 aromatic rings. The van der Waals surface area contributed by atoms with Crippen molar-refractivity contribution in [2.24, 2.45) is 0 Å². The zero-order valence-corrected chi connectivity index (χ0v) is 15.7. The lowest BCUT2D eigenvalue weighted by Crippen LogP contribution is -2.24. The molecule has 144 valence electrons. The summed E-state index contributed by atoms with van der Waals surface area (Å²) < 4.78 is 12.4. The van der Waals surface area contributed by atoms with E-state index in [0.717, 1.165) is 5.56 Å². The Kier molecular flexibility index (Phi) is 6.16. The molecular weight excluding hydrogens is 358 g/mol. The van der Waals surface area contributed by atoms with Crippen molar-refractivity contribution in [3.63, 3.8) is 0 Å². The van der Waals surface area contributed by atoms with E-state index in [1.54, 1.807) is 54.3 Å². The normalized spacial score (nSPS) is 11.6.